The zero-order valence-electron chi connectivity index (χ0n) is 23.0. The summed E-state index contributed by atoms with van der Waals surface area (Å²) in [6.45, 7) is 4.90. The van der Waals surface area contributed by atoms with Crippen LogP contribution in [0.15, 0.2) is 91.3 Å². The molecule has 204 valence electrons. The lowest BCUT2D eigenvalue weighted by Gasteiger charge is -2.27. The number of hydrogen-bond donors (Lipinski definition) is 2. The molecule has 7 nitrogen and oxygen atoms in total. The minimum atomic E-state index is -0.339. The van der Waals surface area contributed by atoms with Gasteiger partial charge in [0.15, 0.2) is 0 Å². The highest BCUT2D eigenvalue weighted by molar-refractivity contribution is 5.72. The maximum absolute atomic E-state index is 13.0. The van der Waals surface area contributed by atoms with Crippen molar-refractivity contribution in [1.82, 2.24) is 14.9 Å². The zero-order valence-corrected chi connectivity index (χ0v) is 23.0. The van der Waals surface area contributed by atoms with E-state index in [0.29, 0.717) is 18.9 Å². The first kappa shape index (κ1) is 26.0. The van der Waals surface area contributed by atoms with E-state index in [2.05, 4.69) is 65.5 Å². The van der Waals surface area contributed by atoms with Crippen LogP contribution < -0.4 is 11.1 Å². The van der Waals surface area contributed by atoms with Crippen LogP contribution >= 0.6 is 0 Å². The van der Waals surface area contributed by atoms with Crippen LogP contribution in [0.3, 0.4) is 0 Å². The van der Waals surface area contributed by atoms with Gasteiger partial charge in [0, 0.05) is 23.4 Å². The molecule has 6 rings (SSSR count). The first-order chi connectivity index (χ1) is 19.4. The number of hydrogen-bond acceptors (Lipinski definition) is 6. The number of benzene rings is 3. The molecule has 3 aromatic carbocycles. The van der Waals surface area contributed by atoms with Crippen molar-refractivity contribution >= 4 is 17.6 Å². The van der Waals surface area contributed by atoms with Crippen LogP contribution in [0.25, 0.3) is 11.3 Å². The first-order valence-corrected chi connectivity index (χ1v) is 14.0. The van der Waals surface area contributed by atoms with E-state index in [1.165, 1.54) is 11.1 Å². The minimum Gasteiger partial charge on any atom is -0.443 e. The summed E-state index contributed by atoms with van der Waals surface area (Å²) in [6.07, 6.45) is 3.50. The monoisotopic (exact) mass is 533 g/mol. The van der Waals surface area contributed by atoms with E-state index in [0.717, 1.165) is 41.2 Å². The zero-order chi connectivity index (χ0) is 27.7. The Balaban J connectivity index is 1.08. The van der Waals surface area contributed by atoms with Gasteiger partial charge in [-0.2, -0.15) is 0 Å². The molecule has 0 bridgehead atoms. The molecule has 1 saturated heterocycles. The maximum atomic E-state index is 13.0. The average molecular weight is 534 g/mol. The number of carbonyl (C=O) groups is 1. The summed E-state index contributed by atoms with van der Waals surface area (Å²) < 4.78 is 5.82. The molecular formula is C33H35N5O2. The van der Waals surface area contributed by atoms with Crippen LogP contribution in [0.5, 0.6) is 0 Å². The fourth-order valence-corrected chi connectivity index (χ4v) is 5.55. The number of anilines is 2. The molecular weight excluding hydrogens is 498 g/mol. The van der Waals surface area contributed by atoms with Gasteiger partial charge in [-0.05, 0) is 54.0 Å². The van der Waals surface area contributed by atoms with E-state index in [4.69, 9.17) is 10.5 Å². The second-order valence-corrected chi connectivity index (χ2v) is 11.2. The second-order valence-electron chi connectivity index (χ2n) is 11.2. The highest BCUT2D eigenvalue weighted by Crippen LogP contribution is 2.53. The summed E-state index contributed by atoms with van der Waals surface area (Å²) in [6, 6.07) is 28.4. The third-order valence-electron chi connectivity index (χ3n) is 8.08. The molecule has 2 fully saturated rings. The minimum absolute atomic E-state index is 0.257. The van der Waals surface area contributed by atoms with Crippen molar-refractivity contribution in [1.29, 1.82) is 0 Å². The highest BCUT2D eigenvalue weighted by Gasteiger charge is 2.55. The smallest absolute Gasteiger partial charge is 0.411 e. The Morgan fingerprint density at radius 1 is 1.00 bits per heavy atom. The van der Waals surface area contributed by atoms with Crippen molar-refractivity contribution in [2.24, 2.45) is 5.73 Å². The molecule has 1 amide bonds. The van der Waals surface area contributed by atoms with Gasteiger partial charge in [-0.3, -0.25) is 4.90 Å². The second kappa shape index (κ2) is 10.7. The normalized spacial score (nSPS) is 18.4. The van der Waals surface area contributed by atoms with Crippen molar-refractivity contribution in [2.45, 2.75) is 56.7 Å². The van der Waals surface area contributed by atoms with Crippen molar-refractivity contribution < 1.29 is 9.53 Å². The molecule has 1 aliphatic carbocycles. The van der Waals surface area contributed by atoms with Crippen LogP contribution in [0.2, 0.25) is 0 Å². The number of carbonyl (C=O) groups excluding carboxylic acids is 1. The van der Waals surface area contributed by atoms with Crippen LogP contribution in [-0.4, -0.2) is 39.7 Å². The standard InChI is InChI=1S/C33H35N5O2/c1-22(2)25-9-6-10-26(18-25)33(15-16-33)38-20-30(40-32(38)39)28(34)17-23-11-13-27(14-12-23)37-31-19-29(35-21-36-31)24-7-4-3-5-8-24/h3-14,18-19,21-22,28,30H,15-17,20,34H2,1-2H3,(H,35,36,37)/t28-,30+/m0/s1. The van der Waals surface area contributed by atoms with Gasteiger partial charge in [0.25, 0.3) is 0 Å². The first-order valence-electron chi connectivity index (χ1n) is 14.0. The Morgan fingerprint density at radius 3 is 2.50 bits per heavy atom. The Kier molecular flexibility index (Phi) is 6.98. The molecule has 0 unspecified atom stereocenters. The van der Waals surface area contributed by atoms with Crippen molar-refractivity contribution in [3.8, 4) is 11.3 Å². The number of nitrogens with two attached hydrogens (primary N) is 1. The number of amides is 1. The number of nitrogens with one attached hydrogen (secondary N) is 1. The van der Waals surface area contributed by atoms with Crippen molar-refractivity contribution in [3.05, 3.63) is 108 Å². The maximum Gasteiger partial charge on any atom is 0.411 e. The molecule has 1 aliphatic heterocycles. The molecule has 0 radical (unpaired) electrons. The molecule has 1 saturated carbocycles. The molecule has 4 aromatic rings. The highest BCUT2D eigenvalue weighted by atomic mass is 16.6. The van der Waals surface area contributed by atoms with Gasteiger partial charge >= 0.3 is 6.09 Å². The Bertz CT molecular complexity index is 1480. The Labute approximate surface area is 235 Å². The largest absolute Gasteiger partial charge is 0.443 e. The molecule has 40 heavy (non-hydrogen) atoms. The van der Waals surface area contributed by atoms with Crippen LogP contribution in [-0.2, 0) is 16.7 Å². The molecule has 2 atom stereocenters. The SMILES string of the molecule is CC(C)c1cccc(C2(N3C[C@H]([C@@H](N)Cc4ccc(Nc5cc(-c6ccccc6)ncn5)cc4)OC3=O)CC2)c1. The predicted octanol–water partition coefficient (Wildman–Crippen LogP) is 6.39. The van der Waals surface area contributed by atoms with E-state index in [1.54, 1.807) is 6.33 Å². The van der Waals surface area contributed by atoms with Crippen molar-refractivity contribution in [2.75, 3.05) is 11.9 Å². The predicted molar refractivity (Wildman–Crippen MR) is 157 cm³/mol. The van der Waals surface area contributed by atoms with E-state index in [1.807, 2.05) is 53.4 Å². The number of aromatic nitrogens is 2. The molecule has 1 aromatic heterocycles. The third kappa shape index (κ3) is 5.29. The lowest BCUT2D eigenvalue weighted by Crippen LogP contribution is -2.41. The number of nitrogens with zero attached hydrogens (tertiary/aromatic N) is 3. The fraction of sp³-hybridized carbons (Fsp3) is 0.303. The van der Waals surface area contributed by atoms with Gasteiger partial charge in [0.1, 0.15) is 18.2 Å². The van der Waals surface area contributed by atoms with E-state index < -0.39 is 0 Å². The summed E-state index contributed by atoms with van der Waals surface area (Å²) >= 11 is 0. The third-order valence-corrected chi connectivity index (χ3v) is 8.08. The lowest BCUT2D eigenvalue weighted by atomic mass is 9.95. The van der Waals surface area contributed by atoms with E-state index >= 15 is 0 Å². The van der Waals surface area contributed by atoms with Crippen LogP contribution in [0, 0.1) is 0 Å². The summed E-state index contributed by atoms with van der Waals surface area (Å²) in [7, 11) is 0. The van der Waals surface area contributed by atoms with Crippen molar-refractivity contribution in [3.63, 3.8) is 0 Å². The van der Waals surface area contributed by atoms with Gasteiger partial charge in [-0.25, -0.2) is 14.8 Å². The molecule has 0 spiro atoms. The topological polar surface area (TPSA) is 93.4 Å². The van der Waals surface area contributed by atoms with Gasteiger partial charge in [0.05, 0.1) is 17.8 Å². The lowest BCUT2D eigenvalue weighted by molar-refractivity contribution is 0.116. The fourth-order valence-electron chi connectivity index (χ4n) is 5.55. The molecule has 2 aliphatic rings. The number of rotatable bonds is 9. The number of cyclic esters (lactones) is 1. The van der Waals surface area contributed by atoms with Crippen LogP contribution in [0.4, 0.5) is 16.3 Å². The molecule has 3 N–H and O–H groups in total. The van der Waals surface area contributed by atoms with Gasteiger partial charge in [-0.15, -0.1) is 0 Å². The Morgan fingerprint density at radius 2 is 1.77 bits per heavy atom. The summed E-state index contributed by atoms with van der Waals surface area (Å²) in [4.78, 5) is 23.6. The molecule has 2 heterocycles. The van der Waals surface area contributed by atoms with E-state index in [-0.39, 0.29) is 23.8 Å². The van der Waals surface area contributed by atoms with Gasteiger partial charge in [-0.1, -0.05) is 80.6 Å². The summed E-state index contributed by atoms with van der Waals surface area (Å²) in [5.74, 6) is 1.17. The molecule has 7 heteroatoms. The quantitative estimate of drug-likeness (QED) is 0.259. The van der Waals surface area contributed by atoms with E-state index in [9.17, 15) is 4.79 Å². The Hall–Kier alpha value is -4.23. The van der Waals surface area contributed by atoms with Gasteiger partial charge < -0.3 is 15.8 Å². The summed E-state index contributed by atoms with van der Waals surface area (Å²) in [5.41, 5.74) is 12.7. The van der Waals surface area contributed by atoms with Crippen LogP contribution in [0.1, 0.15) is 49.3 Å². The number of ether oxygens (including phenoxy) is 1. The average Bonchev–Trinajstić information content (AvgIpc) is 3.69. The summed E-state index contributed by atoms with van der Waals surface area (Å²) in [5, 5.41) is 3.35. The van der Waals surface area contributed by atoms with Gasteiger partial charge in [0.2, 0.25) is 0 Å².